The molecule has 2 aliphatic rings. The Labute approximate surface area is 135 Å². The number of rotatable bonds is 2. The van der Waals surface area contributed by atoms with Crippen LogP contribution in [0.1, 0.15) is 5.56 Å². The lowest BCUT2D eigenvalue weighted by atomic mass is 9.82. The van der Waals surface area contributed by atoms with Crippen molar-refractivity contribution >= 4 is 29.7 Å². The molecule has 0 bridgehead atoms. The van der Waals surface area contributed by atoms with Crippen molar-refractivity contribution < 1.29 is 18.7 Å². The van der Waals surface area contributed by atoms with E-state index in [9.17, 15) is 18.7 Å². The number of dihydropyridines is 1. The van der Waals surface area contributed by atoms with E-state index in [-0.39, 0.29) is 22.2 Å². The molecule has 2 radical (unpaired) electrons. The van der Waals surface area contributed by atoms with Crippen LogP contribution < -0.4 is 5.32 Å². The molecule has 2 unspecified atom stereocenters. The van der Waals surface area contributed by atoms with E-state index in [4.69, 9.17) is 7.85 Å². The topological polar surface area (TPSA) is 52.6 Å². The number of nitrogens with zero attached hydrogens (tertiary/aromatic N) is 1. The van der Waals surface area contributed by atoms with E-state index in [1.807, 2.05) is 0 Å². The van der Waals surface area contributed by atoms with E-state index in [0.29, 0.717) is 0 Å². The van der Waals surface area contributed by atoms with Crippen molar-refractivity contribution in [2.45, 2.75) is 18.2 Å². The molecule has 0 saturated carbocycles. The van der Waals surface area contributed by atoms with Crippen molar-refractivity contribution in [2.75, 3.05) is 0 Å². The van der Waals surface area contributed by atoms with Crippen LogP contribution in [0, 0.1) is 11.6 Å². The highest BCUT2D eigenvalue weighted by atomic mass is 79.9. The van der Waals surface area contributed by atoms with Gasteiger partial charge < -0.3 is 15.3 Å². The van der Waals surface area contributed by atoms with E-state index < -0.39 is 29.2 Å². The Balaban J connectivity index is 1.96. The fraction of sp³-hybridized carbons (Fsp3) is 0.214. The van der Waals surface area contributed by atoms with Crippen LogP contribution in [0.15, 0.2) is 40.5 Å². The molecule has 8 heteroatoms. The molecule has 2 aliphatic heterocycles. The number of nitrogens with one attached hydrogen (secondary N) is 1. The first-order valence-electron chi connectivity index (χ1n) is 6.42. The summed E-state index contributed by atoms with van der Waals surface area (Å²) >= 11 is 2.88. The van der Waals surface area contributed by atoms with Gasteiger partial charge in [-0.15, -0.1) is 0 Å². The molecule has 0 aromatic heterocycles. The number of halogens is 3. The van der Waals surface area contributed by atoms with Gasteiger partial charge in [0.25, 0.3) is 5.91 Å². The summed E-state index contributed by atoms with van der Waals surface area (Å²) in [5.41, 5.74) is -1.85. The molecule has 1 aromatic rings. The molecular formula is C14H10BBrF2N2O2. The van der Waals surface area contributed by atoms with Crippen LogP contribution in [0.3, 0.4) is 0 Å². The van der Waals surface area contributed by atoms with Crippen LogP contribution >= 0.6 is 15.9 Å². The summed E-state index contributed by atoms with van der Waals surface area (Å²) in [4.78, 5) is 13.3. The molecule has 1 saturated heterocycles. The van der Waals surface area contributed by atoms with Crippen molar-refractivity contribution in [3.8, 4) is 0 Å². The standard InChI is InChI=1S/C14H10BBrF2N2O2/c15-14(22)12-8(2-1-5-19-12)13(21)20(14)6-7-3-4-9(16)11(18)10(7)17/h1-5,12,19,22H,6H2. The number of fused-ring (bicyclic) bond motifs is 1. The molecule has 1 aromatic carbocycles. The second-order valence-electron chi connectivity index (χ2n) is 5.09. The van der Waals surface area contributed by atoms with Gasteiger partial charge in [-0.2, -0.15) is 0 Å². The zero-order chi connectivity index (χ0) is 16.1. The van der Waals surface area contributed by atoms with Gasteiger partial charge in [-0.3, -0.25) is 4.79 Å². The quantitative estimate of drug-likeness (QED) is 0.612. The number of carbonyl (C=O) groups is 1. The predicted octanol–water partition coefficient (Wildman–Crippen LogP) is 1.30. The molecule has 0 aliphatic carbocycles. The van der Waals surface area contributed by atoms with Crippen molar-refractivity contribution in [1.82, 2.24) is 10.2 Å². The minimum absolute atomic E-state index is 0.0215. The van der Waals surface area contributed by atoms with E-state index >= 15 is 0 Å². The maximum Gasteiger partial charge on any atom is 0.254 e. The Kier molecular flexibility index (Phi) is 3.61. The zero-order valence-corrected chi connectivity index (χ0v) is 12.8. The molecular weight excluding hydrogens is 357 g/mol. The summed E-state index contributed by atoms with van der Waals surface area (Å²) in [5, 5.41) is 13.2. The number of carbonyl (C=O) groups excluding carboxylic acids is 1. The van der Waals surface area contributed by atoms with Crippen LogP contribution in [0.5, 0.6) is 0 Å². The summed E-state index contributed by atoms with van der Waals surface area (Å²) < 4.78 is 27.5. The van der Waals surface area contributed by atoms with Crippen LogP contribution in [0.25, 0.3) is 0 Å². The van der Waals surface area contributed by atoms with E-state index in [1.54, 1.807) is 12.3 Å². The maximum absolute atomic E-state index is 14.0. The maximum atomic E-state index is 14.0. The predicted molar refractivity (Wildman–Crippen MR) is 79.5 cm³/mol. The summed E-state index contributed by atoms with van der Waals surface area (Å²) in [6.07, 6.45) is 4.67. The Morgan fingerprint density at radius 3 is 2.82 bits per heavy atom. The van der Waals surface area contributed by atoms with Crippen molar-refractivity contribution in [3.63, 3.8) is 0 Å². The first-order valence-corrected chi connectivity index (χ1v) is 7.21. The third-order valence-corrected chi connectivity index (χ3v) is 4.35. The number of aliphatic hydroxyl groups is 1. The van der Waals surface area contributed by atoms with E-state index in [1.165, 1.54) is 18.2 Å². The van der Waals surface area contributed by atoms with Crippen LogP contribution in [0.4, 0.5) is 8.78 Å². The van der Waals surface area contributed by atoms with Crippen LogP contribution in [-0.2, 0) is 11.3 Å². The average molecular weight is 367 g/mol. The van der Waals surface area contributed by atoms with Gasteiger partial charge in [-0.1, -0.05) is 6.07 Å². The van der Waals surface area contributed by atoms with Gasteiger partial charge in [0.1, 0.15) is 13.5 Å². The normalized spacial score (nSPS) is 26.7. The largest absolute Gasteiger partial charge is 0.380 e. The molecule has 1 fully saturated rings. The minimum atomic E-state index is -2.04. The lowest BCUT2D eigenvalue weighted by Crippen LogP contribution is -2.55. The molecule has 22 heavy (non-hydrogen) atoms. The highest BCUT2D eigenvalue weighted by Gasteiger charge is 2.51. The average Bonchev–Trinajstić information content (AvgIpc) is 2.69. The van der Waals surface area contributed by atoms with Crippen LogP contribution in [-0.4, -0.2) is 35.4 Å². The molecule has 2 heterocycles. The SMILES string of the molecule is [B]C1(O)C2NC=CC=C2C(=O)N1Cc1ccc(Br)c(F)c1F. The number of benzene rings is 1. The van der Waals surface area contributed by atoms with Gasteiger partial charge in [0.15, 0.2) is 11.6 Å². The second-order valence-corrected chi connectivity index (χ2v) is 5.94. The van der Waals surface area contributed by atoms with Gasteiger partial charge in [0.2, 0.25) is 0 Å². The van der Waals surface area contributed by atoms with E-state index in [0.717, 1.165) is 4.90 Å². The van der Waals surface area contributed by atoms with Crippen molar-refractivity contribution in [3.05, 3.63) is 57.7 Å². The smallest absolute Gasteiger partial charge is 0.254 e. The Morgan fingerprint density at radius 1 is 1.41 bits per heavy atom. The summed E-state index contributed by atoms with van der Waals surface area (Å²) in [6, 6.07) is 1.83. The lowest BCUT2D eigenvalue weighted by Gasteiger charge is -2.35. The fourth-order valence-electron chi connectivity index (χ4n) is 2.57. The number of likely N-dealkylation sites (tertiary alicyclic amines) is 1. The first-order chi connectivity index (χ1) is 10.3. The summed E-state index contributed by atoms with van der Waals surface area (Å²) in [5.74, 6) is -2.68. The van der Waals surface area contributed by atoms with E-state index in [2.05, 4.69) is 21.2 Å². The molecule has 3 rings (SSSR count). The van der Waals surface area contributed by atoms with Crippen LogP contribution in [0.2, 0.25) is 0 Å². The number of hydrogen-bond donors (Lipinski definition) is 2. The first kappa shape index (κ1) is 15.2. The third-order valence-electron chi connectivity index (χ3n) is 3.74. The molecule has 1 amide bonds. The Hall–Kier alpha value is -1.67. The highest BCUT2D eigenvalue weighted by molar-refractivity contribution is 9.10. The van der Waals surface area contributed by atoms with Gasteiger partial charge >= 0.3 is 0 Å². The fourth-order valence-corrected chi connectivity index (χ4v) is 2.87. The van der Waals surface area contributed by atoms with Crippen molar-refractivity contribution in [2.24, 2.45) is 0 Å². The minimum Gasteiger partial charge on any atom is -0.380 e. The Morgan fingerprint density at radius 2 is 2.14 bits per heavy atom. The second kappa shape index (κ2) is 5.21. The molecule has 0 spiro atoms. The highest BCUT2D eigenvalue weighted by Crippen LogP contribution is 2.34. The zero-order valence-electron chi connectivity index (χ0n) is 11.2. The van der Waals surface area contributed by atoms with Gasteiger partial charge in [0.05, 0.1) is 17.1 Å². The molecule has 2 N–H and O–H groups in total. The van der Waals surface area contributed by atoms with Crippen molar-refractivity contribution in [1.29, 1.82) is 0 Å². The third kappa shape index (κ3) is 2.17. The van der Waals surface area contributed by atoms with Gasteiger partial charge in [-0.25, -0.2) is 8.78 Å². The lowest BCUT2D eigenvalue weighted by molar-refractivity contribution is -0.135. The monoisotopic (exact) mass is 366 g/mol. The molecule has 112 valence electrons. The van der Waals surface area contributed by atoms with Gasteiger partial charge in [-0.05, 0) is 40.3 Å². The molecule has 2 atom stereocenters. The Bertz CT molecular complexity index is 721. The summed E-state index contributed by atoms with van der Waals surface area (Å²) in [7, 11) is 5.83. The summed E-state index contributed by atoms with van der Waals surface area (Å²) in [6.45, 7) is -0.350. The van der Waals surface area contributed by atoms with Gasteiger partial charge in [0, 0.05) is 11.1 Å². The number of allylic oxidation sites excluding steroid dienone is 2. The number of amides is 1. The molecule has 4 nitrogen and oxygen atoms in total. The number of hydrogen-bond acceptors (Lipinski definition) is 3.